The van der Waals surface area contributed by atoms with Crippen LogP contribution in [0.25, 0.3) is 0 Å². The third kappa shape index (κ3) is 3.23. The fourth-order valence-electron chi connectivity index (χ4n) is 2.23. The predicted molar refractivity (Wildman–Crippen MR) is 59.3 cm³/mol. The highest BCUT2D eigenvalue weighted by Gasteiger charge is 2.31. The molecule has 0 saturated carbocycles. The Labute approximate surface area is 87.6 Å². The normalized spacial score (nSPS) is 34.9. The molecule has 1 unspecified atom stereocenters. The largest absolute Gasteiger partial charge is 0.380 e. The van der Waals surface area contributed by atoms with E-state index < -0.39 is 0 Å². The van der Waals surface area contributed by atoms with Gasteiger partial charge in [0.2, 0.25) is 0 Å². The second kappa shape index (κ2) is 4.17. The average molecular weight is 200 g/mol. The molecule has 0 aromatic carbocycles. The molecule has 0 radical (unpaired) electrons. The molecule has 2 N–H and O–H groups in total. The molecule has 1 saturated heterocycles. The zero-order valence-electron chi connectivity index (χ0n) is 9.97. The Hall–Kier alpha value is -0.120. The molecule has 1 aliphatic rings. The van der Waals surface area contributed by atoms with Gasteiger partial charge < -0.3 is 15.4 Å². The fraction of sp³-hybridized carbons (Fsp3) is 1.00. The van der Waals surface area contributed by atoms with Gasteiger partial charge in [-0.05, 0) is 7.05 Å². The summed E-state index contributed by atoms with van der Waals surface area (Å²) in [5.74, 6) is 0. The smallest absolute Gasteiger partial charge is 0.0544 e. The summed E-state index contributed by atoms with van der Waals surface area (Å²) < 4.78 is 5.74. The van der Waals surface area contributed by atoms with E-state index in [0.717, 1.165) is 26.3 Å². The van der Waals surface area contributed by atoms with Crippen LogP contribution >= 0.6 is 0 Å². The first-order valence-corrected chi connectivity index (χ1v) is 5.33. The van der Waals surface area contributed by atoms with Crippen LogP contribution in [0.5, 0.6) is 0 Å². The second-order valence-electron chi connectivity index (χ2n) is 5.84. The molecule has 3 nitrogen and oxygen atoms in total. The Morgan fingerprint density at radius 3 is 2.43 bits per heavy atom. The molecule has 3 heteroatoms. The topological polar surface area (TPSA) is 38.5 Å². The molecule has 0 aromatic heterocycles. The number of hydrogen-bond donors (Lipinski definition) is 1. The maximum atomic E-state index is 5.78. The van der Waals surface area contributed by atoms with Gasteiger partial charge in [-0.2, -0.15) is 0 Å². The second-order valence-corrected chi connectivity index (χ2v) is 5.84. The van der Waals surface area contributed by atoms with Crippen molar-refractivity contribution in [1.82, 2.24) is 4.90 Å². The Morgan fingerprint density at radius 1 is 1.21 bits per heavy atom. The Kier molecular flexibility index (Phi) is 3.56. The van der Waals surface area contributed by atoms with E-state index in [1.807, 2.05) is 0 Å². The third-order valence-corrected chi connectivity index (χ3v) is 2.79. The van der Waals surface area contributed by atoms with Crippen LogP contribution in [0.4, 0.5) is 0 Å². The van der Waals surface area contributed by atoms with Crippen molar-refractivity contribution in [2.75, 3.05) is 39.9 Å². The first-order chi connectivity index (χ1) is 6.37. The van der Waals surface area contributed by atoms with Crippen molar-refractivity contribution in [2.45, 2.75) is 20.8 Å². The van der Waals surface area contributed by atoms with Gasteiger partial charge in [0, 0.05) is 30.5 Å². The minimum atomic E-state index is 0.116. The van der Waals surface area contributed by atoms with E-state index in [-0.39, 0.29) is 10.8 Å². The highest BCUT2D eigenvalue weighted by molar-refractivity contribution is 4.83. The molecule has 0 aromatic rings. The van der Waals surface area contributed by atoms with Gasteiger partial charge in [-0.15, -0.1) is 0 Å². The summed E-state index contributed by atoms with van der Waals surface area (Å²) in [6.07, 6.45) is 0. The monoisotopic (exact) mass is 200 g/mol. The van der Waals surface area contributed by atoms with E-state index in [1.54, 1.807) is 0 Å². The molecule has 1 heterocycles. The van der Waals surface area contributed by atoms with Crippen molar-refractivity contribution >= 4 is 0 Å². The van der Waals surface area contributed by atoms with Crippen LogP contribution in [0, 0.1) is 10.8 Å². The van der Waals surface area contributed by atoms with E-state index in [2.05, 4.69) is 32.7 Å². The highest BCUT2D eigenvalue weighted by atomic mass is 16.5. The van der Waals surface area contributed by atoms with Crippen molar-refractivity contribution in [3.05, 3.63) is 0 Å². The van der Waals surface area contributed by atoms with Gasteiger partial charge in [0.15, 0.2) is 0 Å². The maximum absolute atomic E-state index is 5.78. The minimum Gasteiger partial charge on any atom is -0.380 e. The lowest BCUT2D eigenvalue weighted by molar-refractivity contribution is -0.0369. The van der Waals surface area contributed by atoms with Crippen LogP contribution in [0.1, 0.15) is 20.8 Å². The van der Waals surface area contributed by atoms with Gasteiger partial charge in [-0.3, -0.25) is 0 Å². The zero-order valence-corrected chi connectivity index (χ0v) is 9.97. The van der Waals surface area contributed by atoms with Gasteiger partial charge in [0.25, 0.3) is 0 Å². The van der Waals surface area contributed by atoms with Gasteiger partial charge in [0.1, 0.15) is 0 Å². The van der Waals surface area contributed by atoms with E-state index in [9.17, 15) is 0 Å². The van der Waals surface area contributed by atoms with Crippen molar-refractivity contribution in [2.24, 2.45) is 16.6 Å². The first kappa shape index (κ1) is 12.0. The number of hydrogen-bond acceptors (Lipinski definition) is 3. The van der Waals surface area contributed by atoms with Crippen LogP contribution in [-0.4, -0.2) is 44.8 Å². The highest BCUT2D eigenvalue weighted by Crippen LogP contribution is 2.25. The van der Waals surface area contributed by atoms with E-state index >= 15 is 0 Å². The van der Waals surface area contributed by atoms with Crippen LogP contribution < -0.4 is 5.73 Å². The SMILES string of the molecule is CN1CC(C)(C)COCC(C)(CN)C1. The molecule has 0 bridgehead atoms. The molecule has 14 heavy (non-hydrogen) atoms. The quantitative estimate of drug-likeness (QED) is 0.684. The molecule has 1 fully saturated rings. The van der Waals surface area contributed by atoms with E-state index in [1.165, 1.54) is 0 Å². The zero-order chi connectivity index (χ0) is 10.8. The summed E-state index contributed by atoms with van der Waals surface area (Å²) in [5, 5.41) is 0. The van der Waals surface area contributed by atoms with Gasteiger partial charge >= 0.3 is 0 Å². The summed E-state index contributed by atoms with van der Waals surface area (Å²) in [5.41, 5.74) is 6.15. The Bertz CT molecular complexity index is 194. The summed E-state index contributed by atoms with van der Waals surface area (Å²) in [4.78, 5) is 2.37. The lowest BCUT2D eigenvalue weighted by Crippen LogP contribution is -2.48. The Morgan fingerprint density at radius 2 is 1.86 bits per heavy atom. The van der Waals surface area contributed by atoms with Gasteiger partial charge in [0.05, 0.1) is 13.2 Å². The summed E-state index contributed by atoms with van der Waals surface area (Å²) in [6, 6.07) is 0. The predicted octanol–water partition coefficient (Wildman–Crippen LogP) is 0.940. The van der Waals surface area contributed by atoms with E-state index in [4.69, 9.17) is 10.5 Å². The Balaban J connectivity index is 2.63. The maximum Gasteiger partial charge on any atom is 0.0544 e. The van der Waals surface area contributed by atoms with Crippen LogP contribution in [0.15, 0.2) is 0 Å². The third-order valence-electron chi connectivity index (χ3n) is 2.79. The number of rotatable bonds is 1. The summed E-state index contributed by atoms with van der Waals surface area (Å²) in [6.45, 7) is 11.1. The lowest BCUT2D eigenvalue weighted by atomic mass is 9.87. The molecular weight excluding hydrogens is 176 g/mol. The minimum absolute atomic E-state index is 0.116. The fourth-order valence-corrected chi connectivity index (χ4v) is 2.23. The number of nitrogens with zero attached hydrogens (tertiary/aromatic N) is 1. The molecule has 0 spiro atoms. The number of ether oxygens (including phenoxy) is 1. The average Bonchev–Trinajstić information content (AvgIpc) is 2.00. The molecule has 0 aliphatic carbocycles. The first-order valence-electron chi connectivity index (χ1n) is 5.33. The summed E-state index contributed by atoms with van der Waals surface area (Å²) >= 11 is 0. The van der Waals surface area contributed by atoms with Crippen LogP contribution in [-0.2, 0) is 4.74 Å². The van der Waals surface area contributed by atoms with Crippen molar-refractivity contribution in [3.8, 4) is 0 Å². The summed E-state index contributed by atoms with van der Waals surface area (Å²) in [7, 11) is 2.17. The standard InChI is InChI=1S/C11H24N2O/c1-10(2)6-13(4)7-11(3,5-12)9-14-8-10/h5-9,12H2,1-4H3. The molecule has 84 valence electrons. The van der Waals surface area contributed by atoms with Gasteiger partial charge in [-0.1, -0.05) is 20.8 Å². The van der Waals surface area contributed by atoms with Crippen molar-refractivity contribution in [3.63, 3.8) is 0 Å². The number of nitrogens with two attached hydrogens (primary N) is 1. The van der Waals surface area contributed by atoms with Crippen molar-refractivity contribution < 1.29 is 4.74 Å². The lowest BCUT2D eigenvalue weighted by Gasteiger charge is -2.40. The van der Waals surface area contributed by atoms with E-state index in [0.29, 0.717) is 6.54 Å². The molecule has 1 rings (SSSR count). The molecule has 0 amide bonds. The molecule has 1 atom stereocenters. The van der Waals surface area contributed by atoms with Crippen LogP contribution in [0.2, 0.25) is 0 Å². The van der Waals surface area contributed by atoms with Gasteiger partial charge in [-0.25, -0.2) is 0 Å². The molecular formula is C11H24N2O. The van der Waals surface area contributed by atoms with Crippen molar-refractivity contribution in [1.29, 1.82) is 0 Å². The van der Waals surface area contributed by atoms with Crippen LogP contribution in [0.3, 0.4) is 0 Å². The molecule has 1 aliphatic heterocycles.